The Labute approximate surface area is 157 Å². The quantitative estimate of drug-likeness (QED) is 0.551. The van der Waals surface area contributed by atoms with Crippen LogP contribution in [0, 0.1) is 0 Å². The molecule has 0 aromatic heterocycles. The molecule has 0 saturated heterocycles. The van der Waals surface area contributed by atoms with E-state index in [0.29, 0.717) is 17.7 Å². The minimum absolute atomic E-state index is 0.247. The summed E-state index contributed by atoms with van der Waals surface area (Å²) in [5, 5.41) is 0. The van der Waals surface area contributed by atoms with Gasteiger partial charge in [0, 0.05) is 6.42 Å². The van der Waals surface area contributed by atoms with Crippen LogP contribution in [0.2, 0.25) is 0 Å². The fourth-order valence-corrected chi connectivity index (χ4v) is 2.63. The number of aryl methyl sites for hydroxylation is 1. The lowest BCUT2D eigenvalue weighted by Gasteiger charge is -2.12. The van der Waals surface area contributed by atoms with Crippen LogP contribution >= 0.6 is 0 Å². The molecule has 3 rings (SSSR count). The van der Waals surface area contributed by atoms with Crippen LogP contribution in [0.4, 0.5) is 0 Å². The Bertz CT molecular complexity index is 856. The van der Waals surface area contributed by atoms with Crippen molar-refractivity contribution in [2.45, 2.75) is 18.9 Å². The highest BCUT2D eigenvalue weighted by atomic mass is 16.6. The van der Waals surface area contributed by atoms with Crippen molar-refractivity contribution in [1.29, 1.82) is 0 Å². The summed E-state index contributed by atoms with van der Waals surface area (Å²) in [6, 6.07) is 14.3. The molecule has 0 radical (unpaired) electrons. The zero-order valence-corrected chi connectivity index (χ0v) is 15.0. The molecule has 1 aliphatic carbocycles. The number of rotatable bonds is 7. The third-order valence-electron chi connectivity index (χ3n) is 4.04. The summed E-state index contributed by atoms with van der Waals surface area (Å²) in [5.41, 5.74) is 1.39. The van der Waals surface area contributed by atoms with Crippen LogP contribution in [-0.4, -0.2) is 25.2 Å². The van der Waals surface area contributed by atoms with E-state index < -0.39 is 5.97 Å². The first-order chi connectivity index (χ1) is 13.2. The molecular weight excluding hydrogens is 344 g/mol. The van der Waals surface area contributed by atoms with Crippen molar-refractivity contribution in [3.63, 3.8) is 0 Å². The molecule has 0 bridgehead atoms. The van der Waals surface area contributed by atoms with Gasteiger partial charge >= 0.3 is 11.9 Å². The number of hydrogen-bond acceptors (Lipinski definition) is 5. The molecule has 5 nitrogen and oxygen atoms in total. The molecule has 0 unspecified atom stereocenters. The van der Waals surface area contributed by atoms with Crippen molar-refractivity contribution in [3.8, 4) is 11.5 Å². The fourth-order valence-electron chi connectivity index (χ4n) is 2.63. The highest BCUT2D eigenvalue weighted by Crippen LogP contribution is 2.29. The average Bonchev–Trinajstić information content (AvgIpc) is 3.20. The summed E-state index contributed by atoms with van der Waals surface area (Å²) in [6.07, 6.45) is 7.66. The Kier molecular flexibility index (Phi) is 6.05. The first-order valence-electron chi connectivity index (χ1n) is 8.64. The molecule has 2 aromatic carbocycles. The van der Waals surface area contributed by atoms with Gasteiger partial charge in [-0.3, -0.25) is 4.79 Å². The van der Waals surface area contributed by atoms with Crippen LogP contribution < -0.4 is 9.47 Å². The maximum absolute atomic E-state index is 12.2. The van der Waals surface area contributed by atoms with Crippen molar-refractivity contribution < 1.29 is 23.8 Å². The van der Waals surface area contributed by atoms with Crippen LogP contribution in [0.5, 0.6) is 11.5 Å². The van der Waals surface area contributed by atoms with Crippen LogP contribution in [0.1, 0.15) is 22.3 Å². The van der Waals surface area contributed by atoms with Crippen molar-refractivity contribution >= 4 is 11.9 Å². The highest BCUT2D eigenvalue weighted by molar-refractivity contribution is 5.90. The largest absolute Gasteiger partial charge is 0.493 e. The molecule has 2 aromatic rings. The second kappa shape index (κ2) is 8.85. The zero-order chi connectivity index (χ0) is 19.1. The number of ether oxygens (including phenoxy) is 3. The van der Waals surface area contributed by atoms with E-state index in [9.17, 15) is 9.59 Å². The minimum Gasteiger partial charge on any atom is -0.493 e. The normalized spacial score (nSPS) is 12.8. The first-order valence-corrected chi connectivity index (χ1v) is 8.64. The number of carbonyl (C=O) groups excluding carboxylic acids is 2. The van der Waals surface area contributed by atoms with E-state index in [0.717, 1.165) is 5.56 Å². The number of methoxy groups -OCH3 is 1. The van der Waals surface area contributed by atoms with Gasteiger partial charge in [-0.15, -0.1) is 0 Å². The van der Waals surface area contributed by atoms with Gasteiger partial charge < -0.3 is 14.2 Å². The highest BCUT2D eigenvalue weighted by Gasteiger charge is 2.17. The maximum atomic E-state index is 12.2. The fraction of sp³-hybridized carbons (Fsp3) is 0.182. The Morgan fingerprint density at radius 3 is 2.41 bits per heavy atom. The second-order valence-corrected chi connectivity index (χ2v) is 5.97. The molecule has 0 heterocycles. The van der Waals surface area contributed by atoms with Crippen molar-refractivity contribution in [1.82, 2.24) is 0 Å². The molecule has 0 atom stereocenters. The van der Waals surface area contributed by atoms with E-state index in [1.165, 1.54) is 19.2 Å². The lowest BCUT2D eigenvalue weighted by molar-refractivity contribution is -0.134. The van der Waals surface area contributed by atoms with Crippen LogP contribution in [0.25, 0.3) is 0 Å². The van der Waals surface area contributed by atoms with Gasteiger partial charge in [-0.05, 0) is 42.3 Å². The number of allylic oxidation sites excluding steroid dienone is 2. The third kappa shape index (κ3) is 5.07. The third-order valence-corrected chi connectivity index (χ3v) is 4.04. The van der Waals surface area contributed by atoms with Gasteiger partial charge in [0.05, 0.1) is 12.7 Å². The minimum atomic E-state index is -0.476. The van der Waals surface area contributed by atoms with Gasteiger partial charge in [0.2, 0.25) is 0 Å². The molecule has 0 saturated carbocycles. The van der Waals surface area contributed by atoms with Crippen LogP contribution in [0.15, 0.2) is 72.8 Å². The van der Waals surface area contributed by atoms with Crippen LogP contribution in [-0.2, 0) is 16.0 Å². The van der Waals surface area contributed by atoms with E-state index in [4.69, 9.17) is 14.2 Å². The van der Waals surface area contributed by atoms with Gasteiger partial charge in [-0.2, -0.15) is 0 Å². The zero-order valence-electron chi connectivity index (χ0n) is 15.0. The molecule has 1 aliphatic rings. The lowest BCUT2D eigenvalue weighted by Crippen LogP contribution is -2.13. The predicted octanol–water partition coefficient (Wildman–Crippen LogP) is 3.88. The Hall–Kier alpha value is -3.34. The van der Waals surface area contributed by atoms with Crippen molar-refractivity contribution in [3.05, 3.63) is 84.0 Å². The van der Waals surface area contributed by atoms with E-state index >= 15 is 0 Å². The molecule has 138 valence electrons. The molecule has 0 fully saturated rings. The smallest absolute Gasteiger partial charge is 0.339 e. The van der Waals surface area contributed by atoms with Gasteiger partial charge in [0.15, 0.2) is 11.5 Å². The van der Waals surface area contributed by atoms with Crippen LogP contribution in [0.3, 0.4) is 0 Å². The van der Waals surface area contributed by atoms with Gasteiger partial charge in [-0.1, -0.05) is 42.5 Å². The van der Waals surface area contributed by atoms with E-state index in [-0.39, 0.29) is 24.2 Å². The summed E-state index contributed by atoms with van der Waals surface area (Å²) >= 11 is 0. The Balaban J connectivity index is 1.61. The molecule has 5 heteroatoms. The summed E-state index contributed by atoms with van der Waals surface area (Å²) in [7, 11) is 1.45. The topological polar surface area (TPSA) is 61.8 Å². The molecule has 0 aliphatic heterocycles. The summed E-state index contributed by atoms with van der Waals surface area (Å²) in [6.45, 7) is 0. The number of benzene rings is 2. The monoisotopic (exact) mass is 364 g/mol. The molecular formula is C22H20O5. The SMILES string of the molecule is COc1cc(C(=O)OC2C=CC=C2)ccc1OC(=O)CCc1ccccc1. The standard InChI is InChI=1S/C22H20O5/c1-25-20-15-17(22(24)26-18-9-5-6-10-18)12-13-19(20)27-21(23)14-11-16-7-3-2-4-8-16/h2-10,12-13,15,18H,11,14H2,1H3. The second-order valence-electron chi connectivity index (χ2n) is 5.97. The number of carbonyl (C=O) groups is 2. The van der Waals surface area contributed by atoms with Gasteiger partial charge in [0.1, 0.15) is 6.10 Å². The summed E-state index contributed by atoms with van der Waals surface area (Å²) < 4.78 is 16.0. The van der Waals surface area contributed by atoms with E-state index in [1.807, 2.05) is 42.5 Å². The average molecular weight is 364 g/mol. The van der Waals surface area contributed by atoms with Gasteiger partial charge in [-0.25, -0.2) is 4.79 Å². The maximum Gasteiger partial charge on any atom is 0.339 e. The lowest BCUT2D eigenvalue weighted by atomic mass is 10.1. The summed E-state index contributed by atoms with van der Waals surface area (Å²) in [5.74, 6) is -0.270. The summed E-state index contributed by atoms with van der Waals surface area (Å²) in [4.78, 5) is 24.3. The molecule has 27 heavy (non-hydrogen) atoms. The number of hydrogen-bond donors (Lipinski definition) is 0. The first kappa shape index (κ1) is 18.5. The Morgan fingerprint density at radius 1 is 0.963 bits per heavy atom. The molecule has 0 spiro atoms. The van der Waals surface area contributed by atoms with E-state index in [1.54, 1.807) is 18.2 Å². The molecule has 0 N–H and O–H groups in total. The Morgan fingerprint density at radius 2 is 1.70 bits per heavy atom. The van der Waals surface area contributed by atoms with Gasteiger partial charge in [0.25, 0.3) is 0 Å². The molecule has 0 amide bonds. The van der Waals surface area contributed by atoms with Crippen molar-refractivity contribution in [2.75, 3.05) is 7.11 Å². The van der Waals surface area contributed by atoms with Crippen molar-refractivity contribution in [2.24, 2.45) is 0 Å². The number of esters is 2. The predicted molar refractivity (Wildman–Crippen MR) is 101 cm³/mol. The van der Waals surface area contributed by atoms with E-state index in [2.05, 4.69) is 0 Å².